The number of benzene rings is 1. The number of carbonyl (C=O) groups excluding carboxylic acids is 2. The molecule has 2 rings (SSSR count). The van der Waals surface area contributed by atoms with Crippen molar-refractivity contribution in [1.29, 1.82) is 0 Å². The van der Waals surface area contributed by atoms with E-state index in [4.69, 9.17) is 9.47 Å². The number of hydrogen-bond donors (Lipinski definition) is 1. The van der Waals surface area contributed by atoms with Crippen LogP contribution >= 0.6 is 0 Å². The van der Waals surface area contributed by atoms with Gasteiger partial charge in [-0.1, -0.05) is 17.7 Å². The zero-order valence-electron chi connectivity index (χ0n) is 16.0. The van der Waals surface area contributed by atoms with E-state index in [-0.39, 0.29) is 11.9 Å². The van der Waals surface area contributed by atoms with Crippen molar-refractivity contribution in [2.24, 2.45) is 0 Å². The average Bonchev–Trinajstić information content (AvgIpc) is 3.02. The fraction of sp³-hybridized carbons (Fsp3) is 0.429. The molecule has 0 saturated carbocycles. The number of rotatable bonds is 8. The monoisotopic (exact) mass is 357 g/mol. The van der Waals surface area contributed by atoms with Gasteiger partial charge in [-0.2, -0.15) is 0 Å². The minimum atomic E-state index is -0.273. The molecule has 5 nitrogen and oxygen atoms in total. The Morgan fingerprint density at radius 2 is 2.04 bits per heavy atom. The van der Waals surface area contributed by atoms with Gasteiger partial charge >= 0.3 is 11.9 Å². The number of nitrogens with one attached hydrogen (secondary N) is 1. The third-order valence-electron chi connectivity index (χ3n) is 4.88. The summed E-state index contributed by atoms with van der Waals surface area (Å²) in [6.07, 6.45) is 6.41. The molecule has 1 aliphatic heterocycles. The van der Waals surface area contributed by atoms with E-state index in [0.29, 0.717) is 31.4 Å². The van der Waals surface area contributed by atoms with Crippen molar-refractivity contribution >= 4 is 17.6 Å². The van der Waals surface area contributed by atoms with Crippen LogP contribution in [0.1, 0.15) is 52.4 Å². The van der Waals surface area contributed by atoms with E-state index in [2.05, 4.69) is 18.0 Å². The highest BCUT2D eigenvalue weighted by molar-refractivity contribution is 6.01. The maximum atomic E-state index is 12.2. The molecule has 0 spiro atoms. The molecular weight excluding hydrogens is 330 g/mol. The Hall–Kier alpha value is -2.56. The van der Waals surface area contributed by atoms with E-state index in [9.17, 15) is 9.59 Å². The first-order valence-electron chi connectivity index (χ1n) is 8.79. The summed E-state index contributed by atoms with van der Waals surface area (Å²) in [5, 5.41) is 3.20. The maximum Gasteiger partial charge on any atom is 0.341 e. The molecule has 5 heteroatoms. The van der Waals surface area contributed by atoms with Gasteiger partial charge in [0.05, 0.1) is 18.4 Å². The minimum Gasteiger partial charge on any atom is -0.469 e. The number of fused-ring (bicyclic) bond motifs is 1. The second-order valence-corrected chi connectivity index (χ2v) is 6.46. The maximum absolute atomic E-state index is 12.2. The van der Waals surface area contributed by atoms with Crippen LogP contribution in [0.15, 0.2) is 24.3 Å². The number of allylic oxidation sites excluding steroid dienone is 3. The van der Waals surface area contributed by atoms with Crippen LogP contribution in [0.5, 0.6) is 0 Å². The quantitative estimate of drug-likeness (QED) is 0.565. The van der Waals surface area contributed by atoms with Crippen LogP contribution < -0.4 is 5.32 Å². The fourth-order valence-corrected chi connectivity index (χ4v) is 3.37. The molecule has 0 aliphatic carbocycles. The standard InChI is InChI=1S/C21H27NO4/c1-6-7-15-14(3)17-12-26-21(24)19(17)20(22-4)16(15)10-8-13(2)9-11-18(23)25-5/h6,8,22H,1,7,9-12H2,2-5H3/b13-8+. The van der Waals surface area contributed by atoms with Gasteiger partial charge in [0.15, 0.2) is 0 Å². The Labute approximate surface area is 155 Å². The molecule has 0 saturated heterocycles. The summed E-state index contributed by atoms with van der Waals surface area (Å²) in [5.74, 6) is -0.484. The molecular formula is C21H27NO4. The van der Waals surface area contributed by atoms with Crippen LogP contribution in [-0.4, -0.2) is 26.1 Å². The van der Waals surface area contributed by atoms with Crippen molar-refractivity contribution in [1.82, 2.24) is 0 Å². The van der Waals surface area contributed by atoms with Gasteiger partial charge in [0.1, 0.15) is 6.61 Å². The van der Waals surface area contributed by atoms with Crippen molar-refractivity contribution in [2.75, 3.05) is 19.5 Å². The summed E-state index contributed by atoms with van der Waals surface area (Å²) in [6.45, 7) is 8.24. The van der Waals surface area contributed by atoms with Crippen LogP contribution in [0.4, 0.5) is 5.69 Å². The molecule has 0 unspecified atom stereocenters. The Morgan fingerprint density at radius 3 is 2.65 bits per heavy atom. The number of cyclic esters (lactones) is 1. The van der Waals surface area contributed by atoms with Gasteiger partial charge in [-0.05, 0) is 49.8 Å². The Morgan fingerprint density at radius 1 is 1.31 bits per heavy atom. The van der Waals surface area contributed by atoms with Gasteiger partial charge in [-0.3, -0.25) is 4.79 Å². The average molecular weight is 357 g/mol. The highest BCUT2D eigenvalue weighted by atomic mass is 16.5. The molecule has 0 bridgehead atoms. The molecule has 1 aromatic rings. The SMILES string of the molecule is C=CCc1c(C)c2c(c(NC)c1C/C=C(\C)CCC(=O)OC)C(=O)OC2. The van der Waals surface area contributed by atoms with Crippen molar-refractivity contribution in [3.63, 3.8) is 0 Å². The highest BCUT2D eigenvalue weighted by Crippen LogP contribution is 2.37. The van der Waals surface area contributed by atoms with Crippen LogP contribution in [-0.2, 0) is 33.7 Å². The molecule has 140 valence electrons. The van der Waals surface area contributed by atoms with E-state index >= 15 is 0 Å². The lowest BCUT2D eigenvalue weighted by molar-refractivity contribution is -0.140. The van der Waals surface area contributed by atoms with Crippen molar-refractivity contribution in [3.05, 3.63) is 52.1 Å². The summed E-state index contributed by atoms with van der Waals surface area (Å²) in [7, 11) is 3.22. The second kappa shape index (κ2) is 8.70. The molecule has 0 atom stereocenters. The molecule has 1 aromatic carbocycles. The molecule has 0 radical (unpaired) electrons. The number of hydrogen-bond acceptors (Lipinski definition) is 5. The van der Waals surface area contributed by atoms with Crippen LogP contribution in [0, 0.1) is 6.92 Å². The van der Waals surface area contributed by atoms with Gasteiger partial charge in [0, 0.05) is 19.0 Å². The predicted octanol–water partition coefficient (Wildman–Crippen LogP) is 3.88. The van der Waals surface area contributed by atoms with E-state index in [1.165, 1.54) is 12.7 Å². The highest BCUT2D eigenvalue weighted by Gasteiger charge is 2.30. The topological polar surface area (TPSA) is 64.6 Å². The summed E-state index contributed by atoms with van der Waals surface area (Å²) >= 11 is 0. The number of ether oxygens (including phenoxy) is 2. The lowest BCUT2D eigenvalue weighted by Crippen LogP contribution is -2.10. The third kappa shape index (κ3) is 3.98. The van der Waals surface area contributed by atoms with Crippen LogP contribution in [0.2, 0.25) is 0 Å². The number of carbonyl (C=O) groups is 2. The summed E-state index contributed by atoms with van der Waals surface area (Å²) in [6, 6.07) is 0. The largest absolute Gasteiger partial charge is 0.469 e. The number of methoxy groups -OCH3 is 1. The first-order chi connectivity index (χ1) is 12.4. The van der Waals surface area contributed by atoms with Gasteiger partial charge in [0.2, 0.25) is 0 Å². The van der Waals surface area contributed by atoms with Crippen molar-refractivity contribution in [3.8, 4) is 0 Å². The molecule has 1 N–H and O–H groups in total. The molecule has 1 aliphatic rings. The van der Waals surface area contributed by atoms with E-state index in [1.807, 2.05) is 27.0 Å². The zero-order chi connectivity index (χ0) is 19.3. The van der Waals surface area contributed by atoms with Gasteiger partial charge < -0.3 is 14.8 Å². The van der Waals surface area contributed by atoms with E-state index < -0.39 is 0 Å². The molecule has 0 amide bonds. The summed E-state index contributed by atoms with van der Waals surface area (Å²) in [4.78, 5) is 23.5. The molecule has 26 heavy (non-hydrogen) atoms. The normalized spacial score (nSPS) is 13.2. The van der Waals surface area contributed by atoms with E-state index in [0.717, 1.165) is 34.4 Å². The zero-order valence-corrected chi connectivity index (χ0v) is 16.0. The Balaban J connectivity index is 2.41. The lowest BCUT2D eigenvalue weighted by Gasteiger charge is -2.19. The Kier molecular flexibility index (Phi) is 6.61. The van der Waals surface area contributed by atoms with Gasteiger partial charge in [-0.15, -0.1) is 6.58 Å². The first kappa shape index (κ1) is 19.8. The number of anilines is 1. The second-order valence-electron chi connectivity index (χ2n) is 6.46. The minimum absolute atomic E-state index is 0.211. The van der Waals surface area contributed by atoms with Gasteiger partial charge in [-0.25, -0.2) is 4.79 Å². The first-order valence-corrected chi connectivity index (χ1v) is 8.79. The summed E-state index contributed by atoms with van der Waals surface area (Å²) < 4.78 is 9.96. The van der Waals surface area contributed by atoms with Gasteiger partial charge in [0.25, 0.3) is 0 Å². The lowest BCUT2D eigenvalue weighted by atomic mass is 9.87. The third-order valence-corrected chi connectivity index (χ3v) is 4.88. The van der Waals surface area contributed by atoms with Crippen LogP contribution in [0.3, 0.4) is 0 Å². The van der Waals surface area contributed by atoms with E-state index in [1.54, 1.807) is 0 Å². The van der Waals surface area contributed by atoms with Crippen molar-refractivity contribution < 1.29 is 19.1 Å². The number of esters is 2. The molecule has 0 fully saturated rings. The molecule has 0 aromatic heterocycles. The summed E-state index contributed by atoms with van der Waals surface area (Å²) in [5.41, 5.74) is 6.92. The molecule has 1 heterocycles. The predicted molar refractivity (Wildman–Crippen MR) is 102 cm³/mol. The van der Waals surface area contributed by atoms with Crippen molar-refractivity contribution in [2.45, 2.75) is 46.1 Å². The smallest absolute Gasteiger partial charge is 0.341 e. The fourth-order valence-electron chi connectivity index (χ4n) is 3.37. The van der Waals surface area contributed by atoms with Crippen LogP contribution in [0.25, 0.3) is 0 Å². The Bertz CT molecular complexity index is 762.